The van der Waals surface area contributed by atoms with Crippen LogP contribution in [0.3, 0.4) is 0 Å². The maximum Gasteiger partial charge on any atom is 0.310 e. The Morgan fingerprint density at radius 1 is 1.39 bits per heavy atom. The minimum Gasteiger partial charge on any atom is -0.469 e. The SMILES string of the molecule is COC(=O)C1CNCC1c1ccc([N+](=O)[O-])cc1. The largest absolute Gasteiger partial charge is 0.469 e. The molecule has 2 rings (SSSR count). The normalized spacial score (nSPS) is 22.7. The molecule has 0 amide bonds. The van der Waals surface area contributed by atoms with Crippen molar-refractivity contribution in [3.05, 3.63) is 39.9 Å². The predicted molar refractivity (Wildman–Crippen MR) is 64.2 cm³/mol. The van der Waals surface area contributed by atoms with Crippen molar-refractivity contribution < 1.29 is 14.5 Å². The number of rotatable bonds is 3. The average molecular weight is 250 g/mol. The zero-order valence-electron chi connectivity index (χ0n) is 9.96. The van der Waals surface area contributed by atoms with Gasteiger partial charge in [-0.05, 0) is 5.56 Å². The predicted octanol–water partition coefficient (Wildman–Crippen LogP) is 1.07. The molecule has 2 unspecified atom stereocenters. The topological polar surface area (TPSA) is 81.5 Å². The van der Waals surface area contributed by atoms with Crippen molar-refractivity contribution in [1.82, 2.24) is 5.32 Å². The summed E-state index contributed by atoms with van der Waals surface area (Å²) in [5.41, 5.74) is 0.973. The number of ether oxygens (including phenoxy) is 1. The van der Waals surface area contributed by atoms with Crippen LogP contribution in [0.25, 0.3) is 0 Å². The second-order valence-corrected chi connectivity index (χ2v) is 4.24. The van der Waals surface area contributed by atoms with Gasteiger partial charge in [-0.25, -0.2) is 0 Å². The van der Waals surface area contributed by atoms with Gasteiger partial charge in [0.05, 0.1) is 18.0 Å². The molecule has 0 saturated carbocycles. The van der Waals surface area contributed by atoms with E-state index in [0.29, 0.717) is 13.1 Å². The Morgan fingerprint density at radius 3 is 2.61 bits per heavy atom. The van der Waals surface area contributed by atoms with Crippen LogP contribution in [0.1, 0.15) is 11.5 Å². The van der Waals surface area contributed by atoms with E-state index >= 15 is 0 Å². The summed E-state index contributed by atoms with van der Waals surface area (Å²) in [7, 11) is 1.37. The molecule has 2 atom stereocenters. The summed E-state index contributed by atoms with van der Waals surface area (Å²) < 4.78 is 4.76. The summed E-state index contributed by atoms with van der Waals surface area (Å²) in [6, 6.07) is 6.32. The number of nitrogens with zero attached hydrogens (tertiary/aromatic N) is 1. The molecular weight excluding hydrogens is 236 g/mol. The Bertz CT molecular complexity index is 458. The highest BCUT2D eigenvalue weighted by Crippen LogP contribution is 2.30. The first kappa shape index (κ1) is 12.5. The number of nitro benzene ring substituents is 1. The van der Waals surface area contributed by atoms with Gasteiger partial charge >= 0.3 is 5.97 Å². The second kappa shape index (κ2) is 5.14. The fraction of sp³-hybridized carbons (Fsp3) is 0.417. The molecule has 1 aliphatic rings. The molecule has 0 spiro atoms. The number of nitro groups is 1. The standard InChI is InChI=1S/C12H14N2O4/c1-18-12(15)11-7-13-6-10(11)8-2-4-9(5-3-8)14(16)17/h2-5,10-11,13H,6-7H2,1H3. The summed E-state index contributed by atoms with van der Waals surface area (Å²) in [6.45, 7) is 1.26. The molecule has 0 bridgehead atoms. The molecule has 1 N–H and O–H groups in total. The van der Waals surface area contributed by atoms with E-state index in [9.17, 15) is 14.9 Å². The number of carbonyl (C=O) groups is 1. The van der Waals surface area contributed by atoms with Crippen LogP contribution in [0, 0.1) is 16.0 Å². The van der Waals surface area contributed by atoms with Crippen molar-refractivity contribution >= 4 is 11.7 Å². The van der Waals surface area contributed by atoms with Gasteiger partial charge in [-0.2, -0.15) is 0 Å². The first-order valence-electron chi connectivity index (χ1n) is 5.66. The van der Waals surface area contributed by atoms with E-state index in [0.717, 1.165) is 5.56 Å². The third-order valence-corrected chi connectivity index (χ3v) is 3.25. The Kier molecular flexibility index (Phi) is 3.57. The Balaban J connectivity index is 2.20. The van der Waals surface area contributed by atoms with Gasteiger partial charge < -0.3 is 10.1 Å². The molecule has 6 heteroatoms. The monoisotopic (exact) mass is 250 g/mol. The lowest BCUT2D eigenvalue weighted by Gasteiger charge is -2.16. The molecule has 1 aliphatic heterocycles. The number of hydrogen-bond acceptors (Lipinski definition) is 5. The van der Waals surface area contributed by atoms with Crippen LogP contribution in [0.4, 0.5) is 5.69 Å². The highest BCUT2D eigenvalue weighted by Gasteiger charge is 2.34. The molecular formula is C12H14N2O4. The molecule has 1 aromatic rings. The van der Waals surface area contributed by atoms with Gasteiger partial charge in [0.2, 0.25) is 0 Å². The molecule has 0 radical (unpaired) electrons. The summed E-state index contributed by atoms with van der Waals surface area (Å²) in [5, 5.41) is 13.7. The van der Waals surface area contributed by atoms with Crippen LogP contribution >= 0.6 is 0 Å². The van der Waals surface area contributed by atoms with Gasteiger partial charge in [0, 0.05) is 31.1 Å². The lowest BCUT2D eigenvalue weighted by atomic mass is 9.89. The maximum atomic E-state index is 11.6. The summed E-state index contributed by atoms with van der Waals surface area (Å²) in [4.78, 5) is 21.7. The summed E-state index contributed by atoms with van der Waals surface area (Å²) in [5.74, 6) is -0.460. The molecule has 1 heterocycles. The molecule has 6 nitrogen and oxygen atoms in total. The molecule has 0 aromatic heterocycles. The zero-order chi connectivity index (χ0) is 13.1. The molecule has 96 valence electrons. The second-order valence-electron chi connectivity index (χ2n) is 4.24. The van der Waals surface area contributed by atoms with E-state index in [4.69, 9.17) is 4.74 Å². The highest BCUT2D eigenvalue weighted by molar-refractivity contribution is 5.74. The van der Waals surface area contributed by atoms with Crippen LogP contribution in [0.2, 0.25) is 0 Å². The molecule has 0 aliphatic carbocycles. The van der Waals surface area contributed by atoms with Crippen LogP contribution < -0.4 is 5.32 Å². The summed E-state index contributed by atoms with van der Waals surface area (Å²) in [6.07, 6.45) is 0. The van der Waals surface area contributed by atoms with E-state index in [1.807, 2.05) is 0 Å². The van der Waals surface area contributed by atoms with E-state index in [1.54, 1.807) is 12.1 Å². The first-order valence-corrected chi connectivity index (χ1v) is 5.66. The third-order valence-electron chi connectivity index (χ3n) is 3.25. The third kappa shape index (κ3) is 2.33. The Labute approximate surface area is 104 Å². The smallest absolute Gasteiger partial charge is 0.310 e. The number of esters is 1. The van der Waals surface area contributed by atoms with Crippen molar-refractivity contribution in [2.75, 3.05) is 20.2 Å². The van der Waals surface area contributed by atoms with Gasteiger partial charge in [0.1, 0.15) is 0 Å². The van der Waals surface area contributed by atoms with Crippen LogP contribution in [0.5, 0.6) is 0 Å². The molecule has 18 heavy (non-hydrogen) atoms. The van der Waals surface area contributed by atoms with Crippen molar-refractivity contribution in [2.45, 2.75) is 5.92 Å². The minimum absolute atomic E-state index is 0.0123. The average Bonchev–Trinajstić information content (AvgIpc) is 2.87. The Hall–Kier alpha value is -1.95. The zero-order valence-corrected chi connectivity index (χ0v) is 9.96. The van der Waals surface area contributed by atoms with Crippen molar-refractivity contribution in [3.63, 3.8) is 0 Å². The van der Waals surface area contributed by atoms with Crippen molar-refractivity contribution in [3.8, 4) is 0 Å². The van der Waals surface area contributed by atoms with E-state index in [1.165, 1.54) is 19.2 Å². The number of non-ortho nitro benzene ring substituents is 1. The van der Waals surface area contributed by atoms with Gasteiger partial charge in [0.15, 0.2) is 0 Å². The van der Waals surface area contributed by atoms with Crippen LogP contribution in [-0.2, 0) is 9.53 Å². The Morgan fingerprint density at radius 2 is 2.06 bits per heavy atom. The van der Waals surface area contributed by atoms with Crippen molar-refractivity contribution in [2.24, 2.45) is 5.92 Å². The van der Waals surface area contributed by atoms with E-state index in [2.05, 4.69) is 5.32 Å². The lowest BCUT2D eigenvalue weighted by Crippen LogP contribution is -2.22. The summed E-state index contributed by atoms with van der Waals surface area (Å²) >= 11 is 0. The quantitative estimate of drug-likeness (QED) is 0.493. The number of benzene rings is 1. The highest BCUT2D eigenvalue weighted by atomic mass is 16.6. The fourth-order valence-corrected chi connectivity index (χ4v) is 2.27. The fourth-order valence-electron chi connectivity index (χ4n) is 2.27. The van der Waals surface area contributed by atoms with Crippen LogP contribution in [-0.4, -0.2) is 31.1 Å². The molecule has 1 aromatic carbocycles. The van der Waals surface area contributed by atoms with Gasteiger partial charge in [-0.3, -0.25) is 14.9 Å². The molecule has 1 saturated heterocycles. The van der Waals surface area contributed by atoms with Gasteiger partial charge in [0.25, 0.3) is 5.69 Å². The minimum atomic E-state index is -0.436. The van der Waals surface area contributed by atoms with Crippen molar-refractivity contribution in [1.29, 1.82) is 0 Å². The number of methoxy groups -OCH3 is 1. The number of nitrogens with one attached hydrogen (secondary N) is 1. The number of carbonyl (C=O) groups excluding carboxylic acids is 1. The van der Waals surface area contributed by atoms with Gasteiger partial charge in [-0.1, -0.05) is 12.1 Å². The number of hydrogen-bond donors (Lipinski definition) is 1. The van der Waals surface area contributed by atoms with E-state index in [-0.39, 0.29) is 23.5 Å². The van der Waals surface area contributed by atoms with E-state index < -0.39 is 4.92 Å². The van der Waals surface area contributed by atoms with Crippen LogP contribution in [0.15, 0.2) is 24.3 Å². The maximum absolute atomic E-state index is 11.6. The molecule has 1 fully saturated rings. The lowest BCUT2D eigenvalue weighted by molar-refractivity contribution is -0.384. The first-order chi connectivity index (χ1) is 8.63. The van der Waals surface area contributed by atoms with Gasteiger partial charge in [-0.15, -0.1) is 0 Å².